The van der Waals surface area contributed by atoms with Crippen LogP contribution in [0.1, 0.15) is 17.5 Å². The number of alkyl halides is 3. The van der Waals surface area contributed by atoms with E-state index in [-0.39, 0.29) is 30.2 Å². The fraction of sp³-hybridized carbons (Fsp3) is 0.333. The highest BCUT2D eigenvalue weighted by molar-refractivity contribution is 7.89. The minimum atomic E-state index is -4.45. The topological polar surface area (TPSA) is 106 Å². The molecule has 29 heavy (non-hydrogen) atoms. The zero-order valence-electron chi connectivity index (χ0n) is 15.1. The van der Waals surface area contributed by atoms with Crippen molar-refractivity contribution in [2.24, 2.45) is 0 Å². The Balaban J connectivity index is 1.85. The lowest BCUT2D eigenvalue weighted by atomic mass is 10.1. The largest absolute Gasteiger partial charge is 0.481 e. The third-order valence-corrected chi connectivity index (χ3v) is 5.23. The molecule has 1 heterocycles. The van der Waals surface area contributed by atoms with E-state index in [0.717, 1.165) is 0 Å². The van der Waals surface area contributed by atoms with Crippen LogP contribution in [0.15, 0.2) is 47.5 Å². The zero-order chi connectivity index (χ0) is 21.5. The van der Waals surface area contributed by atoms with Crippen LogP contribution in [0.4, 0.5) is 13.2 Å². The highest BCUT2D eigenvalue weighted by atomic mass is 32.2. The Morgan fingerprint density at radius 1 is 1.07 bits per heavy atom. The minimum Gasteiger partial charge on any atom is -0.481 e. The van der Waals surface area contributed by atoms with Gasteiger partial charge < -0.3 is 9.84 Å². The van der Waals surface area contributed by atoms with Crippen molar-refractivity contribution < 1.29 is 36.2 Å². The van der Waals surface area contributed by atoms with Gasteiger partial charge in [0.05, 0.1) is 4.90 Å². The molecule has 0 bridgehead atoms. The first-order valence-corrected chi connectivity index (χ1v) is 9.98. The number of nitrogens with zero attached hydrogens (tertiary/aromatic N) is 1. The third kappa shape index (κ3) is 8.08. The summed E-state index contributed by atoms with van der Waals surface area (Å²) in [6.07, 6.45) is -2.59. The Hall–Kier alpha value is -2.66. The molecular weight excluding hydrogens is 413 g/mol. The van der Waals surface area contributed by atoms with Crippen molar-refractivity contribution in [3.05, 3.63) is 53.7 Å². The van der Waals surface area contributed by atoms with Gasteiger partial charge in [-0.15, -0.1) is 0 Å². The first-order chi connectivity index (χ1) is 13.5. The average molecular weight is 432 g/mol. The molecule has 11 heteroatoms. The van der Waals surface area contributed by atoms with Gasteiger partial charge in [0.1, 0.15) is 0 Å². The maximum Gasteiger partial charge on any atom is 0.422 e. The van der Waals surface area contributed by atoms with Gasteiger partial charge in [-0.05, 0) is 36.1 Å². The number of pyridine rings is 1. The molecule has 2 aromatic rings. The van der Waals surface area contributed by atoms with E-state index in [1.165, 1.54) is 30.5 Å². The number of nitrogens with one attached hydrogen (secondary N) is 1. The molecule has 0 saturated carbocycles. The standard InChI is InChI=1S/C18H19F3N2O5S/c19-18(20,21)12-28-16-7-3-14(11-22-16)9-10-23-29(26,27)15-5-1-13(2-6-15)4-8-17(24)25/h1-3,5-7,11,23H,4,8-10,12H2,(H,24,25). The minimum absolute atomic E-state index is 0.0432. The van der Waals surface area contributed by atoms with Gasteiger partial charge in [0, 0.05) is 25.2 Å². The monoisotopic (exact) mass is 432 g/mol. The van der Waals surface area contributed by atoms with Crippen molar-refractivity contribution in [2.45, 2.75) is 30.3 Å². The fourth-order valence-electron chi connectivity index (χ4n) is 2.30. The summed E-state index contributed by atoms with van der Waals surface area (Å²) in [6.45, 7) is -1.37. The summed E-state index contributed by atoms with van der Waals surface area (Å²) in [7, 11) is -3.75. The molecule has 2 rings (SSSR count). The Bertz CT molecular complexity index is 914. The third-order valence-electron chi connectivity index (χ3n) is 3.75. The quantitative estimate of drug-likeness (QED) is 0.598. The van der Waals surface area contributed by atoms with Gasteiger partial charge in [0.2, 0.25) is 15.9 Å². The number of halogens is 3. The van der Waals surface area contributed by atoms with Crippen LogP contribution >= 0.6 is 0 Å². The molecule has 0 saturated heterocycles. The van der Waals surface area contributed by atoms with Gasteiger partial charge in [0.25, 0.3) is 0 Å². The van der Waals surface area contributed by atoms with E-state index in [0.29, 0.717) is 17.5 Å². The van der Waals surface area contributed by atoms with Gasteiger partial charge in [-0.2, -0.15) is 13.2 Å². The summed E-state index contributed by atoms with van der Waals surface area (Å²) in [4.78, 5) is 14.4. The van der Waals surface area contributed by atoms with Gasteiger partial charge in [-0.1, -0.05) is 18.2 Å². The van der Waals surface area contributed by atoms with E-state index in [1.807, 2.05) is 0 Å². The molecule has 0 atom stereocenters. The predicted octanol–water partition coefficient (Wildman–Crippen LogP) is 2.56. The number of benzene rings is 1. The molecule has 0 unspecified atom stereocenters. The summed E-state index contributed by atoms with van der Waals surface area (Å²) in [5.41, 5.74) is 1.33. The Morgan fingerprint density at radius 2 is 1.72 bits per heavy atom. The van der Waals surface area contributed by atoms with E-state index in [2.05, 4.69) is 14.4 Å². The number of carbonyl (C=O) groups is 1. The highest BCUT2D eigenvalue weighted by Crippen LogP contribution is 2.17. The molecule has 1 aromatic heterocycles. The van der Waals surface area contributed by atoms with Crippen LogP contribution in [0.2, 0.25) is 0 Å². The van der Waals surface area contributed by atoms with E-state index in [4.69, 9.17) is 5.11 Å². The first kappa shape index (κ1) is 22.6. The van der Waals surface area contributed by atoms with Crippen LogP contribution in [0.25, 0.3) is 0 Å². The van der Waals surface area contributed by atoms with Crippen molar-refractivity contribution >= 4 is 16.0 Å². The molecule has 0 aliphatic carbocycles. The number of aromatic nitrogens is 1. The molecular formula is C18H19F3N2O5S. The lowest BCUT2D eigenvalue weighted by molar-refractivity contribution is -0.154. The van der Waals surface area contributed by atoms with Crippen molar-refractivity contribution in [1.29, 1.82) is 0 Å². The van der Waals surface area contributed by atoms with Crippen LogP contribution < -0.4 is 9.46 Å². The van der Waals surface area contributed by atoms with Crippen molar-refractivity contribution in [2.75, 3.05) is 13.2 Å². The molecule has 0 aliphatic heterocycles. The van der Waals surface area contributed by atoms with Crippen LogP contribution in [0.5, 0.6) is 5.88 Å². The Morgan fingerprint density at radius 3 is 2.28 bits per heavy atom. The maximum atomic E-state index is 12.3. The van der Waals surface area contributed by atoms with Gasteiger partial charge in [-0.3, -0.25) is 4.79 Å². The molecule has 1 aromatic carbocycles. The molecule has 2 N–H and O–H groups in total. The lowest BCUT2D eigenvalue weighted by Crippen LogP contribution is -2.26. The number of ether oxygens (including phenoxy) is 1. The maximum absolute atomic E-state index is 12.3. The molecule has 158 valence electrons. The van der Waals surface area contributed by atoms with E-state index >= 15 is 0 Å². The Kier molecular flexibility index (Phi) is 7.57. The number of sulfonamides is 1. The van der Waals surface area contributed by atoms with E-state index in [1.54, 1.807) is 12.1 Å². The second-order valence-electron chi connectivity index (χ2n) is 6.09. The number of carboxylic acids is 1. The molecule has 7 nitrogen and oxygen atoms in total. The Labute approximate surface area is 165 Å². The molecule has 0 aliphatic rings. The van der Waals surface area contributed by atoms with Crippen molar-refractivity contribution in [3.8, 4) is 5.88 Å². The van der Waals surface area contributed by atoms with Crippen LogP contribution in [0, 0.1) is 0 Å². The summed E-state index contributed by atoms with van der Waals surface area (Å²) >= 11 is 0. The molecule has 0 spiro atoms. The number of rotatable bonds is 10. The number of carboxylic acid groups (broad SMARTS) is 1. The summed E-state index contributed by atoms with van der Waals surface area (Å²) in [5, 5.41) is 8.66. The number of aliphatic carboxylic acids is 1. The van der Waals surface area contributed by atoms with Crippen molar-refractivity contribution in [3.63, 3.8) is 0 Å². The second kappa shape index (κ2) is 9.70. The average Bonchev–Trinajstić information content (AvgIpc) is 2.65. The summed E-state index contributed by atoms with van der Waals surface area (Å²) in [5.74, 6) is -1.10. The highest BCUT2D eigenvalue weighted by Gasteiger charge is 2.28. The number of hydrogen-bond acceptors (Lipinski definition) is 5. The lowest BCUT2D eigenvalue weighted by Gasteiger charge is -2.09. The van der Waals surface area contributed by atoms with E-state index < -0.39 is 28.8 Å². The summed E-state index contributed by atoms with van der Waals surface area (Å²) in [6, 6.07) is 8.69. The smallest absolute Gasteiger partial charge is 0.422 e. The summed E-state index contributed by atoms with van der Waals surface area (Å²) < 4.78 is 67.8. The van der Waals surface area contributed by atoms with E-state index in [9.17, 15) is 26.4 Å². The first-order valence-electron chi connectivity index (χ1n) is 8.50. The molecule has 0 radical (unpaired) electrons. The second-order valence-corrected chi connectivity index (χ2v) is 7.86. The van der Waals surface area contributed by atoms with Gasteiger partial charge in [-0.25, -0.2) is 18.1 Å². The number of hydrogen-bond donors (Lipinski definition) is 2. The normalized spacial score (nSPS) is 12.0. The molecule has 0 amide bonds. The van der Waals surface area contributed by atoms with Crippen molar-refractivity contribution in [1.82, 2.24) is 9.71 Å². The SMILES string of the molecule is O=C(O)CCc1ccc(S(=O)(=O)NCCc2ccc(OCC(F)(F)F)nc2)cc1. The molecule has 0 fully saturated rings. The van der Waals surface area contributed by atoms with Crippen LogP contribution in [-0.4, -0.2) is 43.8 Å². The van der Waals surface area contributed by atoms with Crippen LogP contribution in [0.3, 0.4) is 0 Å². The zero-order valence-corrected chi connectivity index (χ0v) is 16.0. The number of aryl methyl sites for hydroxylation is 1. The fourth-order valence-corrected chi connectivity index (χ4v) is 3.33. The predicted molar refractivity (Wildman–Crippen MR) is 97.1 cm³/mol. The van der Waals surface area contributed by atoms with Gasteiger partial charge >= 0.3 is 12.1 Å². The van der Waals surface area contributed by atoms with Crippen LogP contribution in [-0.2, 0) is 27.7 Å². The van der Waals surface area contributed by atoms with Gasteiger partial charge in [0.15, 0.2) is 6.61 Å².